The van der Waals surface area contributed by atoms with Crippen LogP contribution >= 0.6 is 11.3 Å². The van der Waals surface area contributed by atoms with Crippen LogP contribution in [-0.2, 0) is 6.54 Å². The molecule has 4 aromatic rings. The summed E-state index contributed by atoms with van der Waals surface area (Å²) < 4.78 is 2.15. The second-order valence-corrected chi connectivity index (χ2v) is 8.52. The Kier molecular flexibility index (Phi) is 5.00. The van der Waals surface area contributed by atoms with Crippen molar-refractivity contribution in [3.8, 4) is 5.13 Å². The maximum absolute atomic E-state index is 13.4. The van der Waals surface area contributed by atoms with Crippen LogP contribution in [0.25, 0.3) is 15.9 Å². The molecule has 0 bridgehead atoms. The smallest absolute Gasteiger partial charge is 0.193 e. The van der Waals surface area contributed by atoms with E-state index in [1.54, 1.807) is 11.3 Å². The summed E-state index contributed by atoms with van der Waals surface area (Å²) in [6.45, 7) is 2.68. The van der Waals surface area contributed by atoms with Gasteiger partial charge >= 0.3 is 0 Å². The fourth-order valence-corrected chi connectivity index (χ4v) is 5.03. The molecule has 5 heteroatoms. The first kappa shape index (κ1) is 18.3. The summed E-state index contributed by atoms with van der Waals surface area (Å²) in [6, 6.07) is 18.4. The maximum Gasteiger partial charge on any atom is 0.193 e. The van der Waals surface area contributed by atoms with Crippen LogP contribution in [0.3, 0.4) is 0 Å². The van der Waals surface area contributed by atoms with Crippen LogP contribution in [0.15, 0.2) is 72.4 Å². The van der Waals surface area contributed by atoms with Gasteiger partial charge in [0.15, 0.2) is 10.9 Å². The zero-order valence-corrected chi connectivity index (χ0v) is 17.0. The molecule has 0 aliphatic carbocycles. The molecule has 1 saturated heterocycles. The Hall–Kier alpha value is -2.76. The van der Waals surface area contributed by atoms with Gasteiger partial charge in [0.1, 0.15) is 0 Å². The fourth-order valence-electron chi connectivity index (χ4n) is 4.37. The molecule has 29 heavy (non-hydrogen) atoms. The lowest BCUT2D eigenvalue weighted by atomic mass is 9.88. The first-order valence-electron chi connectivity index (χ1n) is 10.1. The minimum Gasteiger partial charge on any atom is -0.297 e. The van der Waals surface area contributed by atoms with E-state index in [2.05, 4.69) is 51.0 Å². The van der Waals surface area contributed by atoms with Gasteiger partial charge in [-0.2, -0.15) is 0 Å². The van der Waals surface area contributed by atoms with Crippen LogP contribution in [0.4, 0.5) is 0 Å². The van der Waals surface area contributed by atoms with E-state index < -0.39 is 0 Å². The van der Waals surface area contributed by atoms with Gasteiger partial charge in [0.05, 0.1) is 0 Å². The van der Waals surface area contributed by atoms with Gasteiger partial charge in [-0.05, 0) is 42.3 Å². The number of benzene rings is 2. The molecular weight excluding hydrogens is 378 g/mol. The zero-order valence-electron chi connectivity index (χ0n) is 16.2. The summed E-state index contributed by atoms with van der Waals surface area (Å²) in [7, 11) is 0. The van der Waals surface area contributed by atoms with Crippen molar-refractivity contribution in [2.75, 3.05) is 13.1 Å². The highest BCUT2D eigenvalue weighted by Gasteiger charge is 2.28. The predicted molar refractivity (Wildman–Crippen MR) is 118 cm³/mol. The van der Waals surface area contributed by atoms with Gasteiger partial charge in [0.25, 0.3) is 0 Å². The summed E-state index contributed by atoms with van der Waals surface area (Å²) in [6.07, 6.45) is 5.92. The number of hydrogen-bond acceptors (Lipinski definition) is 4. The normalized spacial score (nSPS) is 17.6. The highest BCUT2D eigenvalue weighted by Crippen LogP contribution is 2.27. The number of nitrogens with zero attached hydrogens (tertiary/aromatic N) is 3. The molecule has 1 aliphatic rings. The molecule has 1 fully saturated rings. The number of aromatic nitrogens is 2. The Balaban J connectivity index is 1.35. The van der Waals surface area contributed by atoms with Crippen molar-refractivity contribution >= 4 is 27.9 Å². The molecule has 2 aromatic heterocycles. The Bertz CT molecular complexity index is 1130. The summed E-state index contributed by atoms with van der Waals surface area (Å²) in [5.74, 6) is 0.333. The number of fused-ring (bicyclic) bond motifs is 1. The molecule has 0 N–H and O–H groups in total. The van der Waals surface area contributed by atoms with Crippen molar-refractivity contribution in [2.45, 2.75) is 19.4 Å². The number of thiazole rings is 1. The topological polar surface area (TPSA) is 38.1 Å². The Labute approximate surface area is 174 Å². The number of likely N-dealkylation sites (tertiary alicyclic amines) is 1. The van der Waals surface area contributed by atoms with Gasteiger partial charge < -0.3 is 0 Å². The molecule has 1 aliphatic heterocycles. The minimum atomic E-state index is 0.0535. The van der Waals surface area contributed by atoms with Gasteiger partial charge in [-0.15, -0.1) is 11.3 Å². The number of carbonyl (C=O) groups is 1. The van der Waals surface area contributed by atoms with E-state index in [4.69, 9.17) is 0 Å². The van der Waals surface area contributed by atoms with E-state index in [9.17, 15) is 4.79 Å². The molecule has 5 rings (SSSR count). The molecule has 2 aromatic carbocycles. The van der Waals surface area contributed by atoms with Crippen LogP contribution in [0.1, 0.15) is 28.9 Å². The van der Waals surface area contributed by atoms with E-state index in [-0.39, 0.29) is 11.7 Å². The second kappa shape index (κ2) is 7.93. The van der Waals surface area contributed by atoms with Crippen LogP contribution in [0, 0.1) is 5.92 Å². The molecule has 1 atom stereocenters. The van der Waals surface area contributed by atoms with Crippen LogP contribution < -0.4 is 0 Å². The van der Waals surface area contributed by atoms with Crippen molar-refractivity contribution in [3.63, 3.8) is 0 Å². The van der Waals surface area contributed by atoms with Gasteiger partial charge in [0.2, 0.25) is 0 Å². The monoisotopic (exact) mass is 401 g/mol. The number of ketones is 1. The predicted octanol–water partition coefficient (Wildman–Crippen LogP) is 5.18. The van der Waals surface area contributed by atoms with E-state index in [0.717, 1.165) is 53.9 Å². The highest BCUT2D eigenvalue weighted by atomic mass is 32.1. The largest absolute Gasteiger partial charge is 0.297 e. The van der Waals surface area contributed by atoms with Gasteiger partial charge in [-0.3, -0.25) is 14.3 Å². The fraction of sp³-hybridized carbons (Fsp3) is 0.250. The van der Waals surface area contributed by atoms with Crippen molar-refractivity contribution < 1.29 is 4.79 Å². The van der Waals surface area contributed by atoms with Crippen LogP contribution in [-0.4, -0.2) is 33.3 Å². The standard InChI is InChI=1S/C24H23N3OS/c28-23(22-11-3-7-18-6-1-2-10-21(18)22)19-8-4-13-26(16-19)17-20-9-5-14-27(20)24-25-12-15-29-24/h1-3,5-7,9-12,14-15,19H,4,8,13,16-17H2/t19-/m1/s1. The number of rotatable bonds is 5. The summed E-state index contributed by atoms with van der Waals surface area (Å²) in [5, 5.41) is 5.19. The average molecular weight is 402 g/mol. The number of carbonyl (C=O) groups excluding carboxylic acids is 1. The third kappa shape index (κ3) is 3.63. The molecule has 146 valence electrons. The maximum atomic E-state index is 13.4. The highest BCUT2D eigenvalue weighted by molar-refractivity contribution is 7.12. The Morgan fingerprint density at radius 3 is 2.90 bits per heavy atom. The Morgan fingerprint density at radius 2 is 2.00 bits per heavy atom. The molecular formula is C24H23N3OS. The van der Waals surface area contributed by atoms with Crippen LogP contribution in [0.5, 0.6) is 0 Å². The summed E-state index contributed by atoms with van der Waals surface area (Å²) in [4.78, 5) is 20.2. The molecule has 3 heterocycles. The third-order valence-corrected chi connectivity index (χ3v) is 6.55. The lowest BCUT2D eigenvalue weighted by Gasteiger charge is -2.32. The second-order valence-electron chi connectivity index (χ2n) is 7.65. The average Bonchev–Trinajstić information content (AvgIpc) is 3.45. The Morgan fingerprint density at radius 1 is 1.10 bits per heavy atom. The lowest BCUT2D eigenvalue weighted by Crippen LogP contribution is -2.38. The van der Waals surface area contributed by atoms with Crippen LogP contribution in [0.2, 0.25) is 0 Å². The SMILES string of the molecule is O=C(c1cccc2ccccc12)[C@@H]1CCCN(Cc2cccn2-c2nccs2)C1. The van der Waals surface area contributed by atoms with Gasteiger partial charge in [-0.1, -0.05) is 42.5 Å². The van der Waals surface area contributed by atoms with Crippen molar-refractivity contribution in [1.82, 2.24) is 14.5 Å². The first-order valence-corrected chi connectivity index (χ1v) is 11.0. The van der Waals surface area contributed by atoms with Gasteiger partial charge in [-0.25, -0.2) is 4.98 Å². The van der Waals surface area contributed by atoms with E-state index in [1.807, 2.05) is 35.8 Å². The third-order valence-electron chi connectivity index (χ3n) is 5.78. The van der Waals surface area contributed by atoms with Gasteiger partial charge in [0, 0.05) is 48.0 Å². The number of hydrogen-bond donors (Lipinski definition) is 0. The van der Waals surface area contributed by atoms with Crippen molar-refractivity contribution in [3.05, 3.63) is 83.6 Å². The molecule has 0 saturated carbocycles. The molecule has 0 spiro atoms. The quantitative estimate of drug-likeness (QED) is 0.432. The first-order chi connectivity index (χ1) is 14.3. The van der Waals surface area contributed by atoms with E-state index >= 15 is 0 Å². The minimum absolute atomic E-state index is 0.0535. The van der Waals surface area contributed by atoms with Crippen molar-refractivity contribution in [1.29, 1.82) is 0 Å². The number of Topliss-reactive ketones (excluding diaryl/α,β-unsaturated/α-hetero) is 1. The van der Waals surface area contributed by atoms with Crippen molar-refractivity contribution in [2.24, 2.45) is 5.92 Å². The number of piperidine rings is 1. The van der Waals surface area contributed by atoms with E-state index in [1.165, 1.54) is 5.69 Å². The lowest BCUT2D eigenvalue weighted by molar-refractivity contribution is 0.0811. The van der Waals surface area contributed by atoms with E-state index in [0.29, 0.717) is 0 Å². The summed E-state index contributed by atoms with van der Waals surface area (Å²) >= 11 is 1.64. The molecule has 4 nitrogen and oxygen atoms in total. The molecule has 0 amide bonds. The summed E-state index contributed by atoms with van der Waals surface area (Å²) in [5.41, 5.74) is 2.08. The molecule has 0 radical (unpaired) electrons. The zero-order chi connectivity index (χ0) is 19.6. The molecule has 0 unspecified atom stereocenters.